The third kappa shape index (κ3) is 5.13. The number of esters is 1. The van der Waals surface area contributed by atoms with Gasteiger partial charge in [-0.3, -0.25) is 4.79 Å². The van der Waals surface area contributed by atoms with Crippen molar-refractivity contribution in [2.24, 2.45) is 5.92 Å². The van der Waals surface area contributed by atoms with E-state index in [1.54, 1.807) is 7.11 Å². The number of carbonyl (C=O) groups excluding carboxylic acids is 1. The molecule has 0 aliphatic carbocycles. The van der Waals surface area contributed by atoms with Gasteiger partial charge in [-0.05, 0) is 57.6 Å². The number of hydrogen-bond acceptors (Lipinski definition) is 5. The minimum atomic E-state index is -0.481. The molecule has 0 saturated heterocycles. The van der Waals surface area contributed by atoms with Gasteiger partial charge in [-0.25, -0.2) is 0 Å². The summed E-state index contributed by atoms with van der Waals surface area (Å²) in [6.07, 6.45) is 2.26. The van der Waals surface area contributed by atoms with Gasteiger partial charge >= 0.3 is 5.97 Å². The van der Waals surface area contributed by atoms with Crippen LogP contribution in [0.15, 0.2) is 18.2 Å². The highest BCUT2D eigenvalue weighted by molar-refractivity contribution is 5.70. The predicted molar refractivity (Wildman–Crippen MR) is 91.4 cm³/mol. The Labute approximate surface area is 143 Å². The van der Waals surface area contributed by atoms with Gasteiger partial charge in [0.15, 0.2) is 11.5 Å². The Bertz CT molecular complexity index is 561. The van der Waals surface area contributed by atoms with Crippen molar-refractivity contribution in [2.75, 3.05) is 13.7 Å². The molecule has 24 heavy (non-hydrogen) atoms. The van der Waals surface area contributed by atoms with E-state index in [0.717, 1.165) is 18.4 Å². The number of aliphatic hydroxyl groups excluding tert-OH is 1. The standard InChI is InChI=1S/C19H28O5/c1-19(2,3)24-17(21)11-13-8-9-14-6-5-7-16(22-4)18(14)23-15(10-13)12-20/h5-7,13,15,20H,8-12H2,1-4H3. The first kappa shape index (κ1) is 18.6. The topological polar surface area (TPSA) is 65.0 Å². The van der Waals surface area contributed by atoms with E-state index in [1.807, 2.05) is 39.0 Å². The summed E-state index contributed by atoms with van der Waals surface area (Å²) in [6.45, 7) is 5.50. The number of aliphatic hydroxyl groups is 1. The number of ether oxygens (including phenoxy) is 3. The molecule has 1 heterocycles. The van der Waals surface area contributed by atoms with E-state index in [0.29, 0.717) is 24.3 Å². The molecule has 1 aliphatic rings. The average Bonchev–Trinajstić information content (AvgIpc) is 2.48. The van der Waals surface area contributed by atoms with E-state index in [9.17, 15) is 9.90 Å². The van der Waals surface area contributed by atoms with Crippen molar-refractivity contribution < 1.29 is 24.1 Å². The molecule has 134 valence electrons. The van der Waals surface area contributed by atoms with Gasteiger partial charge in [0.05, 0.1) is 13.7 Å². The van der Waals surface area contributed by atoms with E-state index in [1.165, 1.54) is 0 Å². The van der Waals surface area contributed by atoms with E-state index in [2.05, 4.69) is 0 Å². The van der Waals surface area contributed by atoms with Gasteiger partial charge in [0.2, 0.25) is 0 Å². The number of carbonyl (C=O) groups is 1. The van der Waals surface area contributed by atoms with Gasteiger partial charge in [0.1, 0.15) is 11.7 Å². The van der Waals surface area contributed by atoms with Crippen molar-refractivity contribution >= 4 is 5.97 Å². The summed E-state index contributed by atoms with van der Waals surface area (Å²) in [6, 6.07) is 5.79. The SMILES string of the molecule is COc1cccc2c1OC(CO)CC(CC(=O)OC(C)(C)C)CC2. The molecule has 0 amide bonds. The molecule has 0 saturated carbocycles. The molecular weight excluding hydrogens is 308 g/mol. The second-order valence-corrected chi connectivity index (χ2v) is 7.30. The zero-order chi connectivity index (χ0) is 17.7. The quantitative estimate of drug-likeness (QED) is 0.856. The van der Waals surface area contributed by atoms with Crippen molar-refractivity contribution in [3.63, 3.8) is 0 Å². The number of hydrogen-bond donors (Lipinski definition) is 1. The van der Waals surface area contributed by atoms with Gasteiger partial charge in [0.25, 0.3) is 0 Å². The number of fused-ring (bicyclic) bond motifs is 1. The van der Waals surface area contributed by atoms with Crippen molar-refractivity contribution in [1.82, 2.24) is 0 Å². The molecule has 5 heteroatoms. The van der Waals surface area contributed by atoms with Crippen molar-refractivity contribution in [3.05, 3.63) is 23.8 Å². The predicted octanol–water partition coefficient (Wildman–Crippen LogP) is 3.12. The maximum absolute atomic E-state index is 12.1. The van der Waals surface area contributed by atoms with Crippen LogP contribution in [0.2, 0.25) is 0 Å². The van der Waals surface area contributed by atoms with Crippen LogP contribution in [0.5, 0.6) is 11.5 Å². The van der Waals surface area contributed by atoms with Gasteiger partial charge < -0.3 is 19.3 Å². The molecule has 0 fully saturated rings. The molecule has 5 nitrogen and oxygen atoms in total. The summed E-state index contributed by atoms with van der Waals surface area (Å²) < 4.78 is 16.8. The summed E-state index contributed by atoms with van der Waals surface area (Å²) in [5.74, 6) is 1.30. The summed E-state index contributed by atoms with van der Waals surface area (Å²) in [5, 5.41) is 9.65. The first-order chi connectivity index (χ1) is 11.3. The Morgan fingerprint density at radius 3 is 2.75 bits per heavy atom. The molecule has 1 aliphatic heterocycles. The molecule has 1 aromatic carbocycles. The van der Waals surface area contributed by atoms with Crippen LogP contribution in [-0.2, 0) is 16.0 Å². The van der Waals surface area contributed by atoms with Crippen LogP contribution >= 0.6 is 0 Å². The second-order valence-electron chi connectivity index (χ2n) is 7.30. The fourth-order valence-electron chi connectivity index (χ4n) is 3.03. The Kier molecular flexibility index (Phi) is 6.10. The third-order valence-corrected chi connectivity index (χ3v) is 4.06. The van der Waals surface area contributed by atoms with Crippen molar-refractivity contribution in [3.8, 4) is 11.5 Å². The monoisotopic (exact) mass is 336 g/mol. The highest BCUT2D eigenvalue weighted by atomic mass is 16.6. The number of aryl methyl sites for hydroxylation is 1. The van der Waals surface area contributed by atoms with Gasteiger partial charge in [0, 0.05) is 6.42 Å². The molecule has 1 aromatic rings. The zero-order valence-electron chi connectivity index (χ0n) is 15.0. The lowest BCUT2D eigenvalue weighted by molar-refractivity contribution is -0.156. The van der Waals surface area contributed by atoms with E-state index < -0.39 is 5.60 Å². The first-order valence-electron chi connectivity index (χ1n) is 8.47. The Morgan fingerprint density at radius 1 is 1.38 bits per heavy atom. The zero-order valence-corrected chi connectivity index (χ0v) is 15.0. The molecule has 0 aromatic heterocycles. The van der Waals surface area contributed by atoms with Gasteiger partial charge in [-0.2, -0.15) is 0 Å². The summed E-state index contributed by atoms with van der Waals surface area (Å²) >= 11 is 0. The lowest BCUT2D eigenvalue weighted by atomic mass is 9.89. The minimum Gasteiger partial charge on any atom is -0.493 e. The highest BCUT2D eigenvalue weighted by Crippen LogP contribution is 2.36. The number of methoxy groups -OCH3 is 1. The number of benzene rings is 1. The minimum absolute atomic E-state index is 0.0949. The maximum atomic E-state index is 12.1. The Balaban J connectivity index is 2.12. The lowest BCUT2D eigenvalue weighted by Crippen LogP contribution is -2.30. The van der Waals surface area contributed by atoms with Gasteiger partial charge in [-0.15, -0.1) is 0 Å². The summed E-state index contributed by atoms with van der Waals surface area (Å²) in [5.41, 5.74) is 0.563. The largest absolute Gasteiger partial charge is 0.493 e. The van der Waals surface area contributed by atoms with Crippen LogP contribution in [0.4, 0.5) is 0 Å². The number of para-hydroxylation sites is 1. The van der Waals surface area contributed by atoms with Crippen LogP contribution in [0.25, 0.3) is 0 Å². The van der Waals surface area contributed by atoms with Crippen molar-refractivity contribution in [2.45, 2.75) is 58.2 Å². The second kappa shape index (κ2) is 7.88. The highest BCUT2D eigenvalue weighted by Gasteiger charge is 2.27. The summed E-state index contributed by atoms with van der Waals surface area (Å²) in [7, 11) is 1.61. The molecule has 0 spiro atoms. The van der Waals surface area contributed by atoms with Crippen molar-refractivity contribution in [1.29, 1.82) is 0 Å². The average molecular weight is 336 g/mol. The van der Waals surface area contributed by atoms with Crippen LogP contribution in [0.3, 0.4) is 0 Å². The van der Waals surface area contributed by atoms with Crippen LogP contribution < -0.4 is 9.47 Å². The van der Waals surface area contributed by atoms with Crippen LogP contribution in [-0.4, -0.2) is 36.5 Å². The lowest BCUT2D eigenvalue weighted by Gasteiger charge is -2.29. The Morgan fingerprint density at radius 2 is 2.12 bits per heavy atom. The molecule has 0 bridgehead atoms. The molecule has 1 N–H and O–H groups in total. The van der Waals surface area contributed by atoms with E-state index >= 15 is 0 Å². The Hall–Kier alpha value is -1.75. The van der Waals surface area contributed by atoms with Crippen LogP contribution in [0.1, 0.15) is 45.6 Å². The normalized spacial score (nSPS) is 21.0. The van der Waals surface area contributed by atoms with E-state index in [-0.39, 0.29) is 24.6 Å². The molecule has 2 unspecified atom stereocenters. The third-order valence-electron chi connectivity index (χ3n) is 4.06. The fourth-order valence-corrected chi connectivity index (χ4v) is 3.03. The maximum Gasteiger partial charge on any atom is 0.306 e. The smallest absolute Gasteiger partial charge is 0.306 e. The molecule has 2 rings (SSSR count). The fraction of sp³-hybridized carbons (Fsp3) is 0.632. The molecule has 0 radical (unpaired) electrons. The van der Waals surface area contributed by atoms with Crippen LogP contribution in [0, 0.1) is 5.92 Å². The first-order valence-corrected chi connectivity index (χ1v) is 8.47. The molecule has 2 atom stereocenters. The van der Waals surface area contributed by atoms with Gasteiger partial charge in [-0.1, -0.05) is 12.1 Å². The van der Waals surface area contributed by atoms with E-state index in [4.69, 9.17) is 14.2 Å². The number of rotatable bonds is 4. The summed E-state index contributed by atoms with van der Waals surface area (Å²) in [4.78, 5) is 12.1. The molecular formula is C19H28O5.